The Labute approximate surface area is 163 Å². The summed E-state index contributed by atoms with van der Waals surface area (Å²) in [7, 11) is 0. The highest BCUT2D eigenvalue weighted by molar-refractivity contribution is 6.02. The molecule has 0 bridgehead atoms. The minimum atomic E-state index is -0.776. The molecule has 1 aromatic carbocycles. The number of rotatable bonds is 5. The van der Waals surface area contributed by atoms with E-state index in [4.69, 9.17) is 9.47 Å². The van der Waals surface area contributed by atoms with Gasteiger partial charge in [-0.3, -0.25) is 4.79 Å². The fourth-order valence-corrected chi connectivity index (χ4v) is 3.92. The summed E-state index contributed by atoms with van der Waals surface area (Å²) in [6.07, 6.45) is 2.84. The molecule has 28 heavy (non-hydrogen) atoms. The van der Waals surface area contributed by atoms with Gasteiger partial charge in [-0.25, -0.2) is 14.7 Å². The fraction of sp³-hybridized carbons (Fsp3) is 0.524. The van der Waals surface area contributed by atoms with Crippen LogP contribution >= 0.6 is 0 Å². The summed E-state index contributed by atoms with van der Waals surface area (Å²) in [5.41, 5.74) is -0.424. The lowest BCUT2D eigenvalue weighted by molar-refractivity contribution is -0.159. The number of aromatic amines is 1. The highest BCUT2D eigenvalue weighted by atomic mass is 16.6. The van der Waals surface area contributed by atoms with Gasteiger partial charge in [-0.1, -0.05) is 45.4 Å². The number of hydrogen-bond donors (Lipinski definition) is 1. The topological polar surface area (TPSA) is 98.3 Å². The van der Waals surface area contributed by atoms with Gasteiger partial charge in [0.1, 0.15) is 6.10 Å². The van der Waals surface area contributed by atoms with E-state index in [1.807, 2.05) is 0 Å². The van der Waals surface area contributed by atoms with E-state index in [2.05, 4.69) is 31.0 Å². The quantitative estimate of drug-likeness (QED) is 0.793. The van der Waals surface area contributed by atoms with Gasteiger partial charge in [0.2, 0.25) is 0 Å². The Morgan fingerprint density at radius 1 is 1.21 bits per heavy atom. The van der Waals surface area contributed by atoms with Gasteiger partial charge in [0, 0.05) is 5.39 Å². The Hall–Kier alpha value is -2.70. The zero-order valence-corrected chi connectivity index (χ0v) is 16.4. The van der Waals surface area contributed by atoms with Crippen molar-refractivity contribution in [3.05, 3.63) is 40.3 Å². The van der Waals surface area contributed by atoms with E-state index in [1.54, 1.807) is 24.3 Å². The molecule has 0 amide bonds. The molecule has 1 saturated carbocycles. The van der Waals surface area contributed by atoms with Crippen LogP contribution in [0, 0.1) is 17.8 Å². The lowest BCUT2D eigenvalue weighted by Gasteiger charge is -2.36. The minimum absolute atomic E-state index is 0.0330. The van der Waals surface area contributed by atoms with Gasteiger partial charge in [-0.15, -0.1) is 0 Å². The number of carbonyl (C=O) groups excluding carboxylic acids is 2. The van der Waals surface area contributed by atoms with Crippen LogP contribution < -0.4 is 5.56 Å². The standard InChI is InChI=1S/C21H26N2O5/c1-12(2)14-9-8-13(3)10-17(14)28-18(24)11-27-21(26)19-15-6-4-5-7-16(15)20(25)23-22-19/h4-7,12-14,17H,8-11H2,1-3H3,(H,23,25)/t13-,14+,17+/m1/s1. The molecule has 3 rings (SSSR count). The number of aromatic nitrogens is 2. The summed E-state index contributed by atoms with van der Waals surface area (Å²) in [5, 5.41) is 6.77. The summed E-state index contributed by atoms with van der Waals surface area (Å²) in [6.45, 7) is 5.94. The van der Waals surface area contributed by atoms with Crippen LogP contribution in [-0.4, -0.2) is 34.8 Å². The van der Waals surface area contributed by atoms with Gasteiger partial charge in [0.25, 0.3) is 5.56 Å². The van der Waals surface area contributed by atoms with E-state index in [9.17, 15) is 14.4 Å². The van der Waals surface area contributed by atoms with E-state index in [0.29, 0.717) is 28.5 Å². The molecule has 1 heterocycles. The van der Waals surface area contributed by atoms with E-state index >= 15 is 0 Å². The van der Waals surface area contributed by atoms with Crippen molar-refractivity contribution in [2.75, 3.05) is 6.61 Å². The van der Waals surface area contributed by atoms with Crippen LogP contribution in [0.25, 0.3) is 10.8 Å². The molecule has 1 N–H and O–H groups in total. The molecule has 1 aliphatic carbocycles. The van der Waals surface area contributed by atoms with Gasteiger partial charge in [-0.2, -0.15) is 5.10 Å². The van der Waals surface area contributed by atoms with Crippen molar-refractivity contribution in [2.24, 2.45) is 17.8 Å². The van der Waals surface area contributed by atoms with Crippen molar-refractivity contribution in [1.82, 2.24) is 10.2 Å². The Bertz CT molecular complexity index is 920. The van der Waals surface area contributed by atoms with Crippen LogP contribution in [0.15, 0.2) is 29.1 Å². The third-order valence-corrected chi connectivity index (χ3v) is 5.45. The van der Waals surface area contributed by atoms with E-state index in [1.165, 1.54) is 0 Å². The zero-order chi connectivity index (χ0) is 20.3. The highest BCUT2D eigenvalue weighted by Gasteiger charge is 2.33. The molecule has 7 heteroatoms. The predicted octanol–water partition coefficient (Wildman–Crippen LogP) is 3.08. The molecule has 150 valence electrons. The lowest BCUT2D eigenvalue weighted by atomic mass is 9.75. The maximum absolute atomic E-state index is 12.4. The first-order valence-corrected chi connectivity index (χ1v) is 9.70. The summed E-state index contributed by atoms with van der Waals surface area (Å²) in [5.74, 6) is -0.0917. The average molecular weight is 386 g/mol. The van der Waals surface area contributed by atoms with Crippen LogP contribution in [-0.2, 0) is 14.3 Å². The Morgan fingerprint density at radius 2 is 1.93 bits per heavy atom. The van der Waals surface area contributed by atoms with E-state index in [-0.39, 0.29) is 11.8 Å². The predicted molar refractivity (Wildman–Crippen MR) is 104 cm³/mol. The van der Waals surface area contributed by atoms with E-state index in [0.717, 1.165) is 19.3 Å². The Balaban J connectivity index is 1.64. The number of H-pyrrole nitrogens is 1. The van der Waals surface area contributed by atoms with Crippen LogP contribution in [0.4, 0.5) is 0 Å². The molecule has 0 spiro atoms. The van der Waals surface area contributed by atoms with Crippen LogP contribution in [0.1, 0.15) is 50.5 Å². The Kier molecular flexibility index (Phi) is 6.11. The first-order valence-electron chi connectivity index (χ1n) is 9.70. The van der Waals surface area contributed by atoms with Gasteiger partial charge < -0.3 is 9.47 Å². The summed E-state index contributed by atoms with van der Waals surface area (Å²) < 4.78 is 10.7. The number of nitrogens with zero attached hydrogens (tertiary/aromatic N) is 1. The second-order valence-corrected chi connectivity index (χ2v) is 7.88. The molecule has 0 saturated heterocycles. The average Bonchev–Trinajstić information content (AvgIpc) is 2.66. The SMILES string of the molecule is CC(C)[C@@H]1CC[C@@H](C)C[C@@H]1OC(=O)COC(=O)c1n[nH]c(=O)c2ccccc12. The molecule has 0 unspecified atom stereocenters. The van der Waals surface area contributed by atoms with Crippen molar-refractivity contribution in [3.63, 3.8) is 0 Å². The van der Waals surface area contributed by atoms with Crippen LogP contribution in [0.2, 0.25) is 0 Å². The van der Waals surface area contributed by atoms with Gasteiger partial charge in [-0.05, 0) is 36.7 Å². The molecule has 3 atom stereocenters. The number of ether oxygens (including phenoxy) is 2. The molecule has 0 aliphatic heterocycles. The maximum Gasteiger partial charge on any atom is 0.360 e. The summed E-state index contributed by atoms with van der Waals surface area (Å²) in [6, 6.07) is 6.60. The molecule has 1 aliphatic rings. The van der Waals surface area contributed by atoms with Crippen molar-refractivity contribution in [1.29, 1.82) is 0 Å². The van der Waals surface area contributed by atoms with Crippen molar-refractivity contribution in [2.45, 2.75) is 46.1 Å². The molecule has 2 aromatic rings. The highest BCUT2D eigenvalue weighted by Crippen LogP contribution is 2.35. The number of fused-ring (bicyclic) bond motifs is 1. The lowest BCUT2D eigenvalue weighted by Crippen LogP contribution is -2.36. The summed E-state index contributed by atoms with van der Waals surface area (Å²) >= 11 is 0. The van der Waals surface area contributed by atoms with Crippen LogP contribution in [0.3, 0.4) is 0 Å². The minimum Gasteiger partial charge on any atom is -0.460 e. The molecular weight excluding hydrogens is 360 g/mol. The van der Waals surface area contributed by atoms with E-state index < -0.39 is 24.1 Å². The molecular formula is C21H26N2O5. The van der Waals surface area contributed by atoms with Gasteiger partial charge in [0.15, 0.2) is 12.3 Å². The Morgan fingerprint density at radius 3 is 2.64 bits per heavy atom. The van der Waals surface area contributed by atoms with Gasteiger partial charge >= 0.3 is 11.9 Å². The maximum atomic E-state index is 12.4. The van der Waals surface area contributed by atoms with Gasteiger partial charge in [0.05, 0.1) is 5.39 Å². The number of hydrogen-bond acceptors (Lipinski definition) is 6. The second-order valence-electron chi connectivity index (χ2n) is 7.88. The third kappa shape index (κ3) is 4.40. The van der Waals surface area contributed by atoms with Crippen molar-refractivity contribution < 1.29 is 19.1 Å². The summed E-state index contributed by atoms with van der Waals surface area (Å²) in [4.78, 5) is 36.4. The first kappa shape index (κ1) is 20.0. The first-order chi connectivity index (χ1) is 13.4. The van der Waals surface area contributed by atoms with Crippen molar-refractivity contribution >= 4 is 22.7 Å². The molecule has 1 aromatic heterocycles. The number of esters is 2. The largest absolute Gasteiger partial charge is 0.460 e. The zero-order valence-electron chi connectivity index (χ0n) is 16.4. The molecule has 0 radical (unpaired) electrons. The van der Waals surface area contributed by atoms with Crippen molar-refractivity contribution in [3.8, 4) is 0 Å². The monoisotopic (exact) mass is 386 g/mol. The van der Waals surface area contributed by atoms with Crippen LogP contribution in [0.5, 0.6) is 0 Å². The number of nitrogens with one attached hydrogen (secondary N) is 1. The molecule has 1 fully saturated rings. The molecule has 7 nitrogen and oxygen atoms in total. The third-order valence-electron chi connectivity index (χ3n) is 5.45. The smallest absolute Gasteiger partial charge is 0.360 e. The fourth-order valence-electron chi connectivity index (χ4n) is 3.92. The number of benzene rings is 1. The second kappa shape index (κ2) is 8.54. The normalized spacial score (nSPS) is 22.2. The number of carbonyl (C=O) groups is 2.